The lowest BCUT2D eigenvalue weighted by Gasteiger charge is -2.08. The Balaban J connectivity index is 1.77. The minimum Gasteiger partial charge on any atom is -0.385 e. The van der Waals surface area contributed by atoms with Gasteiger partial charge in [-0.2, -0.15) is 0 Å². The Kier molecular flexibility index (Phi) is 5.40. The van der Waals surface area contributed by atoms with E-state index >= 15 is 0 Å². The molecule has 0 aliphatic heterocycles. The Morgan fingerprint density at radius 3 is 2.54 bits per heavy atom. The first-order chi connectivity index (χ1) is 6.34. The summed E-state index contributed by atoms with van der Waals surface area (Å²) < 4.78 is 4.99. The Morgan fingerprint density at radius 2 is 1.92 bits per heavy atom. The summed E-state index contributed by atoms with van der Waals surface area (Å²) in [7, 11) is 1.77. The van der Waals surface area contributed by atoms with Crippen molar-refractivity contribution in [3.05, 3.63) is 0 Å². The fourth-order valence-electron chi connectivity index (χ4n) is 1.74. The highest BCUT2D eigenvalue weighted by Gasteiger charge is 2.27. The van der Waals surface area contributed by atoms with E-state index in [0.29, 0.717) is 6.04 Å². The van der Waals surface area contributed by atoms with Crippen LogP contribution in [-0.4, -0.2) is 19.8 Å². The summed E-state index contributed by atoms with van der Waals surface area (Å²) in [5.41, 5.74) is 6.00. The third kappa shape index (κ3) is 5.27. The van der Waals surface area contributed by atoms with Crippen LogP contribution in [-0.2, 0) is 4.74 Å². The molecule has 0 spiro atoms. The van der Waals surface area contributed by atoms with Crippen molar-refractivity contribution in [2.24, 2.45) is 11.7 Å². The fraction of sp³-hybridized carbons (Fsp3) is 1.00. The predicted octanol–water partition coefficient (Wildman–Crippen LogP) is 2.32. The first-order valence-electron chi connectivity index (χ1n) is 5.59. The first-order valence-corrected chi connectivity index (χ1v) is 5.59. The average Bonchev–Trinajstić information content (AvgIpc) is 2.93. The second-order valence-corrected chi connectivity index (χ2v) is 4.20. The largest absolute Gasteiger partial charge is 0.385 e. The van der Waals surface area contributed by atoms with Crippen LogP contribution in [0.4, 0.5) is 0 Å². The summed E-state index contributed by atoms with van der Waals surface area (Å²) in [5.74, 6) is 0.874. The molecule has 0 amide bonds. The highest BCUT2D eigenvalue weighted by molar-refractivity contribution is 4.83. The minimum absolute atomic E-state index is 0.502. The molecular formula is C11H23NO. The van der Waals surface area contributed by atoms with E-state index in [1.807, 2.05) is 0 Å². The van der Waals surface area contributed by atoms with Gasteiger partial charge in [0, 0.05) is 19.8 Å². The third-order valence-electron chi connectivity index (χ3n) is 2.86. The number of hydrogen-bond acceptors (Lipinski definition) is 2. The first kappa shape index (κ1) is 11.0. The molecule has 1 aliphatic rings. The zero-order valence-corrected chi connectivity index (χ0v) is 8.80. The number of unbranched alkanes of at least 4 members (excludes halogenated alkanes) is 3. The van der Waals surface area contributed by atoms with Crippen molar-refractivity contribution in [3.8, 4) is 0 Å². The van der Waals surface area contributed by atoms with Crippen LogP contribution in [0.1, 0.15) is 44.9 Å². The fourth-order valence-corrected chi connectivity index (χ4v) is 1.74. The molecule has 1 rings (SSSR count). The zero-order valence-electron chi connectivity index (χ0n) is 8.80. The van der Waals surface area contributed by atoms with Gasteiger partial charge in [-0.05, 0) is 31.6 Å². The molecule has 1 aliphatic carbocycles. The number of ether oxygens (including phenoxy) is 1. The number of methoxy groups -OCH3 is 1. The van der Waals surface area contributed by atoms with Gasteiger partial charge in [-0.25, -0.2) is 0 Å². The van der Waals surface area contributed by atoms with Crippen molar-refractivity contribution in [2.45, 2.75) is 51.0 Å². The van der Waals surface area contributed by atoms with Gasteiger partial charge in [-0.1, -0.05) is 19.3 Å². The summed E-state index contributed by atoms with van der Waals surface area (Å²) in [6, 6.07) is 0.502. The zero-order chi connectivity index (χ0) is 9.52. The molecule has 1 unspecified atom stereocenters. The van der Waals surface area contributed by atoms with Gasteiger partial charge in [0.05, 0.1) is 0 Å². The molecule has 0 aromatic heterocycles. The molecule has 0 aromatic carbocycles. The Bertz CT molecular complexity index is 123. The molecule has 2 N–H and O–H groups in total. The number of rotatable bonds is 8. The van der Waals surface area contributed by atoms with Crippen LogP contribution in [0.5, 0.6) is 0 Å². The summed E-state index contributed by atoms with van der Waals surface area (Å²) in [6.45, 7) is 0.911. The van der Waals surface area contributed by atoms with E-state index in [9.17, 15) is 0 Å². The van der Waals surface area contributed by atoms with E-state index in [4.69, 9.17) is 10.5 Å². The molecular weight excluding hydrogens is 162 g/mol. The minimum atomic E-state index is 0.502. The van der Waals surface area contributed by atoms with Crippen molar-refractivity contribution in [1.82, 2.24) is 0 Å². The van der Waals surface area contributed by atoms with Crippen LogP contribution in [0.3, 0.4) is 0 Å². The van der Waals surface area contributed by atoms with Crippen LogP contribution in [0, 0.1) is 5.92 Å². The summed E-state index contributed by atoms with van der Waals surface area (Å²) in [6.07, 6.45) is 9.12. The van der Waals surface area contributed by atoms with Gasteiger partial charge >= 0.3 is 0 Å². The second kappa shape index (κ2) is 6.39. The van der Waals surface area contributed by atoms with Gasteiger partial charge in [0.15, 0.2) is 0 Å². The van der Waals surface area contributed by atoms with Crippen molar-refractivity contribution in [1.29, 1.82) is 0 Å². The highest BCUT2D eigenvalue weighted by Crippen LogP contribution is 2.33. The van der Waals surface area contributed by atoms with Gasteiger partial charge in [0.2, 0.25) is 0 Å². The monoisotopic (exact) mass is 185 g/mol. The second-order valence-electron chi connectivity index (χ2n) is 4.20. The van der Waals surface area contributed by atoms with Gasteiger partial charge in [-0.3, -0.25) is 0 Å². The maximum atomic E-state index is 6.00. The molecule has 2 heteroatoms. The normalized spacial score (nSPS) is 18.9. The Morgan fingerprint density at radius 1 is 1.23 bits per heavy atom. The van der Waals surface area contributed by atoms with Gasteiger partial charge in [0.25, 0.3) is 0 Å². The molecule has 1 fully saturated rings. The van der Waals surface area contributed by atoms with Crippen molar-refractivity contribution >= 4 is 0 Å². The van der Waals surface area contributed by atoms with E-state index in [0.717, 1.165) is 12.5 Å². The van der Waals surface area contributed by atoms with Gasteiger partial charge in [0.1, 0.15) is 0 Å². The molecule has 0 heterocycles. The lowest BCUT2D eigenvalue weighted by atomic mass is 10.0. The molecule has 0 radical (unpaired) electrons. The highest BCUT2D eigenvalue weighted by atomic mass is 16.5. The molecule has 2 nitrogen and oxygen atoms in total. The summed E-state index contributed by atoms with van der Waals surface area (Å²) >= 11 is 0. The van der Waals surface area contributed by atoms with Crippen LogP contribution in [0.25, 0.3) is 0 Å². The lowest BCUT2D eigenvalue weighted by Crippen LogP contribution is -2.21. The maximum absolute atomic E-state index is 6.00. The van der Waals surface area contributed by atoms with E-state index in [1.54, 1.807) is 7.11 Å². The van der Waals surface area contributed by atoms with Crippen molar-refractivity contribution in [3.63, 3.8) is 0 Å². The number of hydrogen-bond donors (Lipinski definition) is 1. The van der Waals surface area contributed by atoms with Gasteiger partial charge < -0.3 is 10.5 Å². The van der Waals surface area contributed by atoms with E-state index < -0.39 is 0 Å². The van der Waals surface area contributed by atoms with E-state index in [-0.39, 0.29) is 0 Å². The molecule has 0 bridgehead atoms. The molecule has 1 saturated carbocycles. The van der Waals surface area contributed by atoms with Gasteiger partial charge in [-0.15, -0.1) is 0 Å². The lowest BCUT2D eigenvalue weighted by molar-refractivity contribution is 0.192. The SMILES string of the molecule is COCCCCCCC(N)C1CC1. The summed E-state index contributed by atoms with van der Waals surface area (Å²) in [4.78, 5) is 0. The molecule has 1 atom stereocenters. The third-order valence-corrected chi connectivity index (χ3v) is 2.86. The smallest absolute Gasteiger partial charge is 0.0462 e. The van der Waals surface area contributed by atoms with Crippen LogP contribution >= 0.6 is 0 Å². The number of nitrogens with two attached hydrogens (primary N) is 1. The molecule has 0 saturated heterocycles. The predicted molar refractivity (Wildman–Crippen MR) is 55.7 cm³/mol. The molecule has 13 heavy (non-hydrogen) atoms. The van der Waals surface area contributed by atoms with Crippen LogP contribution in [0.2, 0.25) is 0 Å². The van der Waals surface area contributed by atoms with E-state index in [1.165, 1.54) is 44.9 Å². The van der Waals surface area contributed by atoms with Crippen molar-refractivity contribution < 1.29 is 4.74 Å². The van der Waals surface area contributed by atoms with Crippen LogP contribution < -0.4 is 5.73 Å². The topological polar surface area (TPSA) is 35.2 Å². The standard InChI is InChI=1S/C11H23NO/c1-13-9-5-3-2-4-6-11(12)10-7-8-10/h10-11H,2-9,12H2,1H3. The van der Waals surface area contributed by atoms with Crippen molar-refractivity contribution in [2.75, 3.05) is 13.7 Å². The average molecular weight is 185 g/mol. The summed E-state index contributed by atoms with van der Waals surface area (Å²) in [5, 5.41) is 0. The Labute approximate surface area is 81.8 Å². The Hall–Kier alpha value is -0.0800. The maximum Gasteiger partial charge on any atom is 0.0462 e. The molecule has 78 valence electrons. The van der Waals surface area contributed by atoms with E-state index in [2.05, 4.69) is 0 Å². The van der Waals surface area contributed by atoms with Crippen LogP contribution in [0.15, 0.2) is 0 Å². The quantitative estimate of drug-likeness (QED) is 0.589. The molecule has 0 aromatic rings.